The number of hydrogen-bond acceptors (Lipinski definition) is 2. The van der Waals surface area contributed by atoms with Crippen LogP contribution in [-0.2, 0) is 4.79 Å². The van der Waals surface area contributed by atoms with Crippen LogP contribution in [0.3, 0.4) is 0 Å². The summed E-state index contributed by atoms with van der Waals surface area (Å²) < 4.78 is 0. The maximum absolute atomic E-state index is 12.0. The van der Waals surface area contributed by atoms with E-state index in [1.807, 2.05) is 12.2 Å². The van der Waals surface area contributed by atoms with E-state index >= 15 is 0 Å². The summed E-state index contributed by atoms with van der Waals surface area (Å²) in [5, 5.41) is 0. The van der Waals surface area contributed by atoms with E-state index in [0.29, 0.717) is 23.1 Å². The lowest BCUT2D eigenvalue weighted by Crippen LogP contribution is -2.11. The van der Waals surface area contributed by atoms with E-state index in [1.165, 1.54) is 11.1 Å². The van der Waals surface area contributed by atoms with Gasteiger partial charge >= 0.3 is 0 Å². The van der Waals surface area contributed by atoms with Gasteiger partial charge in [-0.25, -0.2) is 0 Å². The second-order valence-electron chi connectivity index (χ2n) is 5.61. The van der Waals surface area contributed by atoms with Crippen molar-refractivity contribution in [2.75, 3.05) is 0 Å². The molecule has 1 aromatic rings. The highest BCUT2D eigenvalue weighted by Gasteiger charge is 2.17. The van der Waals surface area contributed by atoms with Crippen molar-refractivity contribution in [2.45, 2.75) is 12.8 Å². The minimum absolute atomic E-state index is 0.119. The molecule has 3 aliphatic carbocycles. The summed E-state index contributed by atoms with van der Waals surface area (Å²) in [6.45, 7) is 0. The molecule has 0 bridgehead atoms. The van der Waals surface area contributed by atoms with Crippen LogP contribution < -0.4 is 0 Å². The molecule has 0 N–H and O–H groups in total. The minimum Gasteiger partial charge on any atom is -0.294 e. The molecule has 0 radical (unpaired) electrons. The quantitative estimate of drug-likeness (QED) is 0.407. The predicted octanol–water partition coefficient (Wildman–Crippen LogP) is 4.36. The van der Waals surface area contributed by atoms with Gasteiger partial charge in [0.2, 0.25) is 0 Å². The van der Waals surface area contributed by atoms with Crippen LogP contribution in [0.15, 0.2) is 72.3 Å². The van der Waals surface area contributed by atoms with E-state index in [2.05, 4.69) is 30.2 Å². The van der Waals surface area contributed by atoms with Gasteiger partial charge in [0, 0.05) is 11.1 Å². The number of hydrogen-bond donors (Lipinski definition) is 0. The zero-order chi connectivity index (χ0) is 16.9. The second kappa shape index (κ2) is 6.93. The van der Waals surface area contributed by atoms with Crippen molar-refractivity contribution in [1.82, 2.24) is 0 Å². The summed E-state index contributed by atoms with van der Waals surface area (Å²) in [6, 6.07) is 15.4. The number of fused-ring (bicyclic) bond motifs is 1. The van der Waals surface area contributed by atoms with Crippen LogP contribution in [0.5, 0.6) is 0 Å². The van der Waals surface area contributed by atoms with E-state index < -0.39 is 0 Å². The molecule has 0 saturated heterocycles. The number of terminal acetylenes is 1. The molecule has 2 nitrogen and oxygen atoms in total. The normalized spacial score (nSPS) is 12.5. The maximum Gasteiger partial charge on any atom is 0.171 e. The Labute approximate surface area is 141 Å². The number of allylic oxidation sites excluding steroid dienone is 4. The van der Waals surface area contributed by atoms with Crippen molar-refractivity contribution in [2.24, 2.45) is 0 Å². The fraction of sp³-hybridized carbons (Fsp3) is 0.0909. The highest BCUT2D eigenvalue weighted by molar-refractivity contribution is 6.14. The SMILES string of the molecule is C#Cc1ccccc1C(=O)CC(=O)C1=CC=CC1.c1cc2ccc1-2. The van der Waals surface area contributed by atoms with Crippen LogP contribution in [0.1, 0.15) is 28.8 Å². The van der Waals surface area contributed by atoms with Gasteiger partial charge in [-0.15, -0.1) is 6.42 Å². The summed E-state index contributed by atoms with van der Waals surface area (Å²) in [5.41, 5.74) is 4.51. The third kappa shape index (κ3) is 3.26. The van der Waals surface area contributed by atoms with Crippen LogP contribution in [-0.4, -0.2) is 11.6 Å². The smallest absolute Gasteiger partial charge is 0.171 e. The predicted molar refractivity (Wildman–Crippen MR) is 95.6 cm³/mol. The van der Waals surface area contributed by atoms with Crippen LogP contribution in [0, 0.1) is 12.3 Å². The molecule has 0 atom stereocenters. The topological polar surface area (TPSA) is 34.1 Å². The maximum atomic E-state index is 12.0. The molecule has 24 heavy (non-hydrogen) atoms. The highest BCUT2D eigenvalue weighted by atomic mass is 16.1. The number of Topliss-reactive ketones (excluding diaryl/α,β-unsaturated/α-hetero) is 2. The van der Waals surface area contributed by atoms with Crippen molar-refractivity contribution in [3.63, 3.8) is 0 Å². The first-order chi connectivity index (χ1) is 11.7. The van der Waals surface area contributed by atoms with Crippen molar-refractivity contribution in [1.29, 1.82) is 0 Å². The Kier molecular flexibility index (Phi) is 4.54. The van der Waals surface area contributed by atoms with Crippen molar-refractivity contribution in [3.8, 4) is 23.5 Å². The fourth-order valence-corrected chi connectivity index (χ4v) is 2.52. The minimum atomic E-state index is -0.221. The van der Waals surface area contributed by atoms with Crippen LogP contribution >= 0.6 is 0 Å². The van der Waals surface area contributed by atoms with Crippen molar-refractivity contribution in [3.05, 3.63) is 83.5 Å². The third-order valence-corrected chi connectivity index (χ3v) is 4.05. The van der Waals surface area contributed by atoms with Crippen molar-refractivity contribution >= 4 is 11.6 Å². The van der Waals surface area contributed by atoms with Gasteiger partial charge in [0.1, 0.15) is 0 Å². The fourth-order valence-electron chi connectivity index (χ4n) is 2.52. The van der Waals surface area contributed by atoms with Gasteiger partial charge in [0.05, 0.1) is 6.42 Å². The molecule has 4 rings (SSSR count). The van der Waals surface area contributed by atoms with E-state index in [1.54, 1.807) is 30.3 Å². The van der Waals surface area contributed by atoms with Gasteiger partial charge in [-0.2, -0.15) is 0 Å². The van der Waals surface area contributed by atoms with E-state index in [0.717, 1.165) is 0 Å². The Balaban J connectivity index is 0.000000231. The number of carbonyl (C=O) groups is 2. The average molecular weight is 312 g/mol. The highest BCUT2D eigenvalue weighted by Crippen LogP contribution is 2.29. The Morgan fingerprint density at radius 1 is 0.958 bits per heavy atom. The first-order valence-electron chi connectivity index (χ1n) is 7.77. The summed E-state index contributed by atoms with van der Waals surface area (Å²) >= 11 is 0. The van der Waals surface area contributed by atoms with Crippen molar-refractivity contribution < 1.29 is 9.59 Å². The first-order valence-corrected chi connectivity index (χ1v) is 7.77. The van der Waals surface area contributed by atoms with E-state index in [4.69, 9.17) is 6.42 Å². The van der Waals surface area contributed by atoms with Crippen LogP contribution in [0.25, 0.3) is 11.1 Å². The number of ketones is 2. The molecule has 0 spiro atoms. The molecule has 1 aromatic carbocycles. The van der Waals surface area contributed by atoms with Gasteiger partial charge in [0.15, 0.2) is 11.6 Å². The molecule has 3 aliphatic rings. The Morgan fingerprint density at radius 3 is 2.12 bits per heavy atom. The lowest BCUT2D eigenvalue weighted by molar-refractivity contribution is -0.114. The summed E-state index contributed by atoms with van der Waals surface area (Å²) in [5.74, 6) is 2.11. The molecule has 0 aliphatic heterocycles. The molecular formula is C22H16O2. The summed E-state index contributed by atoms with van der Waals surface area (Å²) in [6.07, 6.45) is 11.3. The lowest BCUT2D eigenvalue weighted by Gasteiger charge is -2.10. The first kappa shape index (κ1) is 15.7. The van der Waals surface area contributed by atoms with Gasteiger partial charge in [-0.3, -0.25) is 9.59 Å². The molecule has 2 heteroatoms. The second-order valence-corrected chi connectivity index (χ2v) is 5.61. The largest absolute Gasteiger partial charge is 0.294 e. The Hall–Kier alpha value is -3.18. The number of rotatable bonds is 4. The molecule has 116 valence electrons. The molecule has 0 unspecified atom stereocenters. The summed E-state index contributed by atoms with van der Waals surface area (Å²) in [4.78, 5) is 23.9. The number of carbonyl (C=O) groups excluding carboxylic acids is 2. The van der Waals surface area contributed by atoms with Crippen LogP contribution in [0.2, 0.25) is 0 Å². The summed E-state index contributed by atoms with van der Waals surface area (Å²) in [7, 11) is 0. The molecular weight excluding hydrogens is 296 g/mol. The molecule has 0 amide bonds. The van der Waals surface area contributed by atoms with Gasteiger partial charge in [-0.05, 0) is 29.2 Å². The molecule has 0 saturated carbocycles. The van der Waals surface area contributed by atoms with E-state index in [-0.39, 0.29) is 18.0 Å². The van der Waals surface area contributed by atoms with Crippen LogP contribution in [0.4, 0.5) is 0 Å². The van der Waals surface area contributed by atoms with Gasteiger partial charge in [0.25, 0.3) is 0 Å². The molecule has 0 heterocycles. The molecule has 0 fully saturated rings. The van der Waals surface area contributed by atoms with E-state index in [9.17, 15) is 9.59 Å². The lowest BCUT2D eigenvalue weighted by atomic mass is 9.95. The zero-order valence-electron chi connectivity index (χ0n) is 13.2. The molecule has 0 aromatic heterocycles. The van der Waals surface area contributed by atoms with Gasteiger partial charge in [-0.1, -0.05) is 66.6 Å². The Morgan fingerprint density at radius 2 is 1.62 bits per heavy atom. The number of benzene rings is 2. The standard InChI is InChI=1S/C16H12O2.C6H4/c1-2-12-7-5-6-10-14(12)16(18)11-15(17)13-8-3-4-9-13;1-2-6-4-3-5(1)6/h1,3-8,10H,9,11H2;1-4H. The average Bonchev–Trinajstić information content (AvgIpc) is 3.13. The Bertz CT molecular complexity index is 869. The monoisotopic (exact) mass is 312 g/mol. The van der Waals surface area contributed by atoms with Gasteiger partial charge < -0.3 is 0 Å². The zero-order valence-corrected chi connectivity index (χ0v) is 13.2. The third-order valence-electron chi connectivity index (χ3n) is 4.05.